The Kier molecular flexibility index (Phi) is 5.16. The van der Waals surface area contributed by atoms with Crippen molar-refractivity contribution in [1.82, 2.24) is 0 Å². The fourth-order valence-electron chi connectivity index (χ4n) is 1.75. The molecule has 0 aliphatic heterocycles. The van der Waals surface area contributed by atoms with Crippen molar-refractivity contribution in [2.75, 3.05) is 19.0 Å². The molecule has 3 N–H and O–H groups in total. The number of carbonyl (C=O) groups excluding carboxylic acids is 1. The highest BCUT2D eigenvalue weighted by molar-refractivity contribution is 5.91. The molecule has 0 aromatic heterocycles. The van der Waals surface area contributed by atoms with Gasteiger partial charge >= 0.3 is 0 Å². The van der Waals surface area contributed by atoms with Gasteiger partial charge in [0.1, 0.15) is 5.75 Å². The summed E-state index contributed by atoms with van der Waals surface area (Å²) in [5.41, 5.74) is 8.34. The van der Waals surface area contributed by atoms with E-state index in [9.17, 15) is 4.79 Å². The summed E-state index contributed by atoms with van der Waals surface area (Å²) in [6.07, 6.45) is 0.445. The summed E-state index contributed by atoms with van der Waals surface area (Å²) < 4.78 is 5.24. The molecule has 1 rings (SSSR count). The lowest BCUT2D eigenvalue weighted by molar-refractivity contribution is -0.116. The van der Waals surface area contributed by atoms with Crippen LogP contribution in [0.25, 0.3) is 0 Å². The van der Waals surface area contributed by atoms with Crippen molar-refractivity contribution < 1.29 is 9.53 Å². The molecule has 0 bridgehead atoms. The molecule has 100 valence electrons. The number of ether oxygens (including phenoxy) is 1. The third-order valence-electron chi connectivity index (χ3n) is 2.95. The topological polar surface area (TPSA) is 64.3 Å². The van der Waals surface area contributed by atoms with Crippen molar-refractivity contribution in [3.63, 3.8) is 0 Å². The van der Waals surface area contributed by atoms with Crippen molar-refractivity contribution in [3.05, 3.63) is 23.3 Å². The molecular formula is C14H22N2O2. The summed E-state index contributed by atoms with van der Waals surface area (Å²) in [7, 11) is 1.64. The van der Waals surface area contributed by atoms with Gasteiger partial charge in [0, 0.05) is 12.1 Å². The Labute approximate surface area is 109 Å². The number of amides is 1. The van der Waals surface area contributed by atoms with Crippen LogP contribution in [0.3, 0.4) is 0 Å². The first-order valence-corrected chi connectivity index (χ1v) is 6.13. The van der Waals surface area contributed by atoms with E-state index in [0.29, 0.717) is 13.0 Å². The van der Waals surface area contributed by atoms with Crippen LogP contribution in [0.5, 0.6) is 5.75 Å². The standard InChI is InChI=1S/C14H22N2O2/c1-9(8-15)5-14(17)16-12-6-11(3)13(18-4)7-10(12)2/h6-7,9H,5,8,15H2,1-4H3,(H,16,17). The second-order valence-electron chi connectivity index (χ2n) is 4.73. The van der Waals surface area contributed by atoms with Crippen molar-refractivity contribution in [1.29, 1.82) is 0 Å². The summed E-state index contributed by atoms with van der Waals surface area (Å²) in [6.45, 7) is 6.39. The van der Waals surface area contributed by atoms with Crippen LogP contribution in [0.2, 0.25) is 0 Å². The molecule has 0 aliphatic carbocycles. The number of carbonyl (C=O) groups is 1. The average molecular weight is 250 g/mol. The molecule has 1 aromatic carbocycles. The van der Waals surface area contributed by atoms with Crippen LogP contribution in [-0.2, 0) is 4.79 Å². The first-order chi connectivity index (χ1) is 8.47. The van der Waals surface area contributed by atoms with Crippen molar-refractivity contribution >= 4 is 11.6 Å². The van der Waals surface area contributed by atoms with Crippen molar-refractivity contribution in [3.8, 4) is 5.75 Å². The Morgan fingerprint density at radius 2 is 2.06 bits per heavy atom. The number of benzene rings is 1. The number of hydrogen-bond donors (Lipinski definition) is 2. The van der Waals surface area contributed by atoms with Gasteiger partial charge in [0.25, 0.3) is 0 Å². The lowest BCUT2D eigenvalue weighted by atomic mass is 10.1. The normalized spacial score (nSPS) is 12.1. The number of methoxy groups -OCH3 is 1. The van der Waals surface area contributed by atoms with Crippen LogP contribution in [0.4, 0.5) is 5.69 Å². The van der Waals surface area contributed by atoms with E-state index in [2.05, 4.69) is 5.32 Å². The molecule has 1 aromatic rings. The van der Waals surface area contributed by atoms with E-state index in [1.165, 1.54) is 0 Å². The van der Waals surface area contributed by atoms with Gasteiger partial charge in [-0.25, -0.2) is 0 Å². The molecule has 18 heavy (non-hydrogen) atoms. The molecule has 1 amide bonds. The highest BCUT2D eigenvalue weighted by Gasteiger charge is 2.10. The third kappa shape index (κ3) is 3.74. The molecular weight excluding hydrogens is 228 g/mol. The second-order valence-corrected chi connectivity index (χ2v) is 4.73. The van der Waals surface area contributed by atoms with Gasteiger partial charge < -0.3 is 15.8 Å². The largest absolute Gasteiger partial charge is 0.496 e. The monoisotopic (exact) mass is 250 g/mol. The van der Waals surface area contributed by atoms with E-state index in [-0.39, 0.29) is 11.8 Å². The maximum absolute atomic E-state index is 11.8. The fourth-order valence-corrected chi connectivity index (χ4v) is 1.75. The smallest absolute Gasteiger partial charge is 0.224 e. The van der Waals surface area contributed by atoms with E-state index in [0.717, 1.165) is 22.6 Å². The van der Waals surface area contributed by atoms with Gasteiger partial charge in [-0.1, -0.05) is 6.92 Å². The zero-order chi connectivity index (χ0) is 13.7. The molecule has 4 heteroatoms. The molecule has 0 saturated carbocycles. The van der Waals surface area contributed by atoms with Gasteiger partial charge in [0.2, 0.25) is 5.91 Å². The SMILES string of the molecule is COc1cc(C)c(NC(=O)CC(C)CN)cc1C. The Morgan fingerprint density at radius 1 is 1.39 bits per heavy atom. The number of nitrogens with two attached hydrogens (primary N) is 1. The van der Waals surface area contributed by atoms with E-state index in [1.54, 1.807) is 7.11 Å². The first-order valence-electron chi connectivity index (χ1n) is 6.13. The average Bonchev–Trinajstić information content (AvgIpc) is 2.33. The highest BCUT2D eigenvalue weighted by atomic mass is 16.5. The fraction of sp³-hybridized carbons (Fsp3) is 0.500. The molecule has 0 saturated heterocycles. The van der Waals surface area contributed by atoms with E-state index in [1.807, 2.05) is 32.9 Å². The Hall–Kier alpha value is -1.55. The lowest BCUT2D eigenvalue weighted by Gasteiger charge is -2.14. The van der Waals surface area contributed by atoms with Crippen LogP contribution in [0.1, 0.15) is 24.5 Å². The van der Waals surface area contributed by atoms with E-state index >= 15 is 0 Å². The molecule has 0 fully saturated rings. The maximum atomic E-state index is 11.8. The quantitative estimate of drug-likeness (QED) is 0.842. The molecule has 0 aliphatic rings. The van der Waals surface area contributed by atoms with Crippen LogP contribution in [0.15, 0.2) is 12.1 Å². The Balaban J connectivity index is 2.79. The lowest BCUT2D eigenvalue weighted by Crippen LogP contribution is -2.20. The summed E-state index contributed by atoms with van der Waals surface area (Å²) in [5, 5.41) is 2.92. The van der Waals surface area contributed by atoms with Gasteiger partial charge in [-0.05, 0) is 49.6 Å². The van der Waals surface area contributed by atoms with Gasteiger partial charge in [-0.2, -0.15) is 0 Å². The van der Waals surface area contributed by atoms with Crippen LogP contribution >= 0.6 is 0 Å². The second kappa shape index (κ2) is 6.40. The van der Waals surface area contributed by atoms with E-state index < -0.39 is 0 Å². The van der Waals surface area contributed by atoms with Gasteiger partial charge in [0.05, 0.1) is 7.11 Å². The van der Waals surface area contributed by atoms with Crippen LogP contribution < -0.4 is 15.8 Å². The van der Waals surface area contributed by atoms with Crippen LogP contribution in [-0.4, -0.2) is 19.6 Å². The highest BCUT2D eigenvalue weighted by Crippen LogP contribution is 2.26. The number of aryl methyl sites for hydroxylation is 2. The van der Waals surface area contributed by atoms with Gasteiger partial charge in [-0.15, -0.1) is 0 Å². The molecule has 1 atom stereocenters. The van der Waals surface area contributed by atoms with Crippen molar-refractivity contribution in [2.24, 2.45) is 11.7 Å². The summed E-state index contributed by atoms with van der Waals surface area (Å²) in [6, 6.07) is 3.86. The minimum absolute atomic E-state index is 0.000571. The molecule has 0 radical (unpaired) electrons. The van der Waals surface area contributed by atoms with Crippen molar-refractivity contribution in [2.45, 2.75) is 27.2 Å². The minimum Gasteiger partial charge on any atom is -0.496 e. The zero-order valence-corrected chi connectivity index (χ0v) is 11.5. The van der Waals surface area contributed by atoms with Crippen LogP contribution in [0, 0.1) is 19.8 Å². The summed E-state index contributed by atoms with van der Waals surface area (Å²) in [4.78, 5) is 11.8. The van der Waals surface area contributed by atoms with Gasteiger partial charge in [0.15, 0.2) is 0 Å². The predicted molar refractivity (Wildman–Crippen MR) is 73.9 cm³/mol. The third-order valence-corrected chi connectivity index (χ3v) is 2.95. The Morgan fingerprint density at radius 3 is 2.61 bits per heavy atom. The molecule has 1 unspecified atom stereocenters. The number of rotatable bonds is 5. The first kappa shape index (κ1) is 14.5. The summed E-state index contributed by atoms with van der Waals surface area (Å²) >= 11 is 0. The molecule has 0 heterocycles. The number of hydrogen-bond acceptors (Lipinski definition) is 3. The Bertz CT molecular complexity index is 430. The number of anilines is 1. The maximum Gasteiger partial charge on any atom is 0.224 e. The number of nitrogens with one attached hydrogen (secondary N) is 1. The molecule has 0 spiro atoms. The molecule has 4 nitrogen and oxygen atoms in total. The van der Waals surface area contributed by atoms with Gasteiger partial charge in [-0.3, -0.25) is 4.79 Å². The predicted octanol–water partition coefficient (Wildman–Crippen LogP) is 2.24. The zero-order valence-electron chi connectivity index (χ0n) is 11.5. The summed E-state index contributed by atoms with van der Waals surface area (Å²) in [5.74, 6) is 1.03. The minimum atomic E-state index is 0.000571. The van der Waals surface area contributed by atoms with E-state index in [4.69, 9.17) is 10.5 Å².